The molecule has 1 saturated heterocycles. The summed E-state index contributed by atoms with van der Waals surface area (Å²) in [6, 6.07) is 13.8. The van der Waals surface area contributed by atoms with E-state index in [0.29, 0.717) is 15.7 Å². The second kappa shape index (κ2) is 7.95. The zero-order chi connectivity index (χ0) is 21.6. The monoisotopic (exact) mass is 503 g/mol. The minimum atomic E-state index is -0.512. The van der Waals surface area contributed by atoms with E-state index in [2.05, 4.69) is 21.2 Å². The molecule has 0 radical (unpaired) electrons. The van der Waals surface area contributed by atoms with E-state index >= 15 is 0 Å². The predicted octanol–water partition coefficient (Wildman–Crippen LogP) is 6.26. The van der Waals surface area contributed by atoms with Gasteiger partial charge in [-0.2, -0.15) is 0 Å². The summed E-state index contributed by atoms with van der Waals surface area (Å²) in [4.78, 5) is 26.4. The molecule has 1 aliphatic rings. The first-order valence-corrected chi connectivity index (χ1v) is 10.6. The maximum atomic E-state index is 12.9. The normalized spacial score (nSPS) is 15.2. The Hall–Kier alpha value is -2.54. The first-order chi connectivity index (χ1) is 14.3. The summed E-state index contributed by atoms with van der Waals surface area (Å²) in [7, 11) is 0. The van der Waals surface area contributed by atoms with Crippen LogP contribution < -0.4 is 10.2 Å². The largest absolute Gasteiger partial charge is 0.333 e. The molecule has 0 spiro atoms. The topological polar surface area (TPSA) is 54.3 Å². The molecular weight excluding hydrogens is 489 g/mol. The molecule has 3 amide bonds. The van der Waals surface area contributed by atoms with Crippen molar-refractivity contribution < 1.29 is 9.59 Å². The van der Waals surface area contributed by atoms with Crippen LogP contribution in [-0.4, -0.2) is 16.5 Å². The highest BCUT2D eigenvalue weighted by Gasteiger charge is 2.35. The van der Waals surface area contributed by atoms with Crippen molar-refractivity contribution in [3.8, 4) is 5.69 Å². The molecule has 3 aromatic rings. The number of aromatic nitrogens is 1. The Morgan fingerprint density at radius 3 is 2.47 bits per heavy atom. The van der Waals surface area contributed by atoms with Gasteiger partial charge < -0.3 is 9.88 Å². The van der Waals surface area contributed by atoms with Crippen LogP contribution in [0.25, 0.3) is 11.8 Å². The second-order valence-corrected chi connectivity index (χ2v) is 8.57. The van der Waals surface area contributed by atoms with Crippen LogP contribution in [0.3, 0.4) is 0 Å². The van der Waals surface area contributed by atoms with E-state index in [0.717, 1.165) is 32.0 Å². The minimum Gasteiger partial charge on any atom is -0.318 e. The molecule has 0 atom stereocenters. The molecule has 0 saturated carbocycles. The maximum absolute atomic E-state index is 12.9. The summed E-state index contributed by atoms with van der Waals surface area (Å²) in [6.07, 6.45) is 1.68. The van der Waals surface area contributed by atoms with Crippen molar-refractivity contribution in [1.82, 2.24) is 9.88 Å². The highest BCUT2D eigenvalue weighted by atomic mass is 79.9. The molecule has 1 fully saturated rings. The highest BCUT2D eigenvalue weighted by Crippen LogP contribution is 2.30. The van der Waals surface area contributed by atoms with Gasteiger partial charge in [0.1, 0.15) is 5.70 Å². The van der Waals surface area contributed by atoms with Gasteiger partial charge in [-0.05, 0) is 83.9 Å². The summed E-state index contributed by atoms with van der Waals surface area (Å²) in [5.74, 6) is -0.432. The van der Waals surface area contributed by atoms with Crippen molar-refractivity contribution in [3.63, 3.8) is 0 Å². The molecule has 0 aliphatic carbocycles. The number of aryl methyl sites for hydroxylation is 1. The zero-order valence-corrected chi connectivity index (χ0v) is 19.1. The number of benzene rings is 2. The van der Waals surface area contributed by atoms with E-state index in [1.807, 2.05) is 42.7 Å². The second-order valence-electron chi connectivity index (χ2n) is 6.87. The van der Waals surface area contributed by atoms with Crippen LogP contribution in [0.4, 0.5) is 10.5 Å². The molecule has 1 aromatic heterocycles. The molecular formula is C22H16BrCl2N3O2. The van der Waals surface area contributed by atoms with Crippen LogP contribution in [0.5, 0.6) is 0 Å². The van der Waals surface area contributed by atoms with E-state index in [4.69, 9.17) is 23.2 Å². The number of urea groups is 1. The van der Waals surface area contributed by atoms with Crippen molar-refractivity contribution in [1.29, 1.82) is 0 Å². The van der Waals surface area contributed by atoms with Crippen LogP contribution in [0.2, 0.25) is 10.0 Å². The summed E-state index contributed by atoms with van der Waals surface area (Å²) >= 11 is 15.7. The number of nitrogens with one attached hydrogen (secondary N) is 1. The lowest BCUT2D eigenvalue weighted by Gasteiger charge is -2.11. The third-order valence-electron chi connectivity index (χ3n) is 4.88. The van der Waals surface area contributed by atoms with Gasteiger partial charge in [-0.3, -0.25) is 4.79 Å². The number of amides is 3. The fourth-order valence-electron chi connectivity index (χ4n) is 3.50. The lowest BCUT2D eigenvalue weighted by atomic mass is 10.2. The lowest BCUT2D eigenvalue weighted by Crippen LogP contribution is -2.30. The van der Waals surface area contributed by atoms with Crippen LogP contribution in [-0.2, 0) is 4.79 Å². The average molecular weight is 505 g/mol. The Morgan fingerprint density at radius 2 is 1.77 bits per heavy atom. The fourth-order valence-corrected chi connectivity index (χ4v) is 4.10. The third-order valence-corrected chi connectivity index (χ3v) is 6.34. The van der Waals surface area contributed by atoms with Gasteiger partial charge in [0.05, 0.1) is 10.7 Å². The number of carbonyl (C=O) groups excluding carboxylic acids is 2. The van der Waals surface area contributed by atoms with Gasteiger partial charge in [-0.15, -0.1) is 0 Å². The van der Waals surface area contributed by atoms with E-state index < -0.39 is 11.9 Å². The third kappa shape index (κ3) is 3.67. The van der Waals surface area contributed by atoms with E-state index in [1.165, 1.54) is 0 Å². The lowest BCUT2D eigenvalue weighted by molar-refractivity contribution is -0.113. The number of hydrogen-bond donors (Lipinski definition) is 1. The number of nitrogens with zero attached hydrogens (tertiary/aromatic N) is 2. The summed E-state index contributed by atoms with van der Waals surface area (Å²) < 4.78 is 2.86. The number of rotatable bonds is 3. The molecule has 30 heavy (non-hydrogen) atoms. The van der Waals surface area contributed by atoms with Gasteiger partial charge in [0.25, 0.3) is 5.91 Å². The molecule has 5 nitrogen and oxygen atoms in total. The van der Waals surface area contributed by atoms with Crippen molar-refractivity contribution in [2.24, 2.45) is 0 Å². The van der Waals surface area contributed by atoms with Crippen molar-refractivity contribution in [2.75, 3.05) is 4.90 Å². The fraction of sp³-hybridized carbons (Fsp3) is 0.0909. The van der Waals surface area contributed by atoms with Crippen molar-refractivity contribution in [2.45, 2.75) is 13.8 Å². The summed E-state index contributed by atoms with van der Waals surface area (Å²) in [6.45, 7) is 3.92. The average Bonchev–Trinajstić information content (AvgIpc) is 3.12. The Balaban J connectivity index is 1.71. The molecule has 1 aliphatic heterocycles. The van der Waals surface area contributed by atoms with Gasteiger partial charge >= 0.3 is 6.03 Å². The Bertz CT molecular complexity index is 1230. The van der Waals surface area contributed by atoms with Gasteiger partial charge in [0.2, 0.25) is 0 Å². The van der Waals surface area contributed by atoms with Crippen molar-refractivity contribution >= 4 is 62.8 Å². The molecule has 4 rings (SSSR count). The number of carbonyl (C=O) groups is 2. The predicted molar refractivity (Wildman–Crippen MR) is 123 cm³/mol. The van der Waals surface area contributed by atoms with E-state index in [1.54, 1.807) is 30.3 Å². The van der Waals surface area contributed by atoms with Crippen LogP contribution in [0.1, 0.15) is 17.0 Å². The molecule has 0 bridgehead atoms. The quantitative estimate of drug-likeness (QED) is 0.338. The number of anilines is 1. The van der Waals surface area contributed by atoms with Gasteiger partial charge in [0.15, 0.2) is 0 Å². The maximum Gasteiger partial charge on any atom is 0.333 e. The van der Waals surface area contributed by atoms with Crippen LogP contribution in [0.15, 0.2) is 58.7 Å². The number of halogens is 3. The molecule has 1 N–H and O–H groups in total. The van der Waals surface area contributed by atoms with E-state index in [9.17, 15) is 9.59 Å². The first-order valence-electron chi connectivity index (χ1n) is 9.03. The highest BCUT2D eigenvalue weighted by molar-refractivity contribution is 9.10. The Kier molecular flexibility index (Phi) is 5.49. The Morgan fingerprint density at radius 1 is 1.00 bits per heavy atom. The number of hydrogen-bond acceptors (Lipinski definition) is 2. The molecule has 2 heterocycles. The number of imide groups is 1. The Labute approximate surface area is 192 Å². The molecule has 2 aromatic carbocycles. The molecule has 152 valence electrons. The molecule has 8 heteroatoms. The van der Waals surface area contributed by atoms with Crippen molar-refractivity contribution in [3.05, 3.63) is 85.7 Å². The molecule has 0 unspecified atom stereocenters. The minimum absolute atomic E-state index is 0.203. The van der Waals surface area contributed by atoms with E-state index in [-0.39, 0.29) is 5.70 Å². The summed E-state index contributed by atoms with van der Waals surface area (Å²) in [5, 5.41) is 3.70. The zero-order valence-electron chi connectivity index (χ0n) is 16.0. The van der Waals surface area contributed by atoms with Gasteiger partial charge in [-0.1, -0.05) is 29.3 Å². The SMILES string of the molecule is Cc1cc(/C=C2/NC(=O)N(c3cccc(Cl)c3)C2=O)c(C)n1-c1ccc(Br)c(Cl)c1. The van der Waals surface area contributed by atoms with Gasteiger partial charge in [-0.25, -0.2) is 9.69 Å². The summed E-state index contributed by atoms with van der Waals surface area (Å²) in [5.41, 5.74) is 4.24. The standard InChI is InChI=1S/C22H16BrCl2N3O2/c1-12-8-14(13(2)27(12)17-6-7-18(23)19(25)11-17)9-20-21(29)28(22(30)26-20)16-5-3-4-15(24)10-16/h3-11H,1-2H3,(H,26,30)/b20-9+. The van der Waals surface area contributed by atoms with Crippen LogP contribution in [0, 0.1) is 13.8 Å². The van der Waals surface area contributed by atoms with Gasteiger partial charge in [0, 0.05) is 26.6 Å². The smallest absolute Gasteiger partial charge is 0.318 e. The first kappa shape index (κ1) is 20.7. The van der Waals surface area contributed by atoms with Crippen LogP contribution >= 0.6 is 39.1 Å².